The number of hydrogen-bond acceptors (Lipinski definition) is 5. The van der Waals surface area contributed by atoms with Crippen molar-refractivity contribution < 1.29 is 23.9 Å². The van der Waals surface area contributed by atoms with E-state index in [1.807, 2.05) is 0 Å². The molecule has 0 fully saturated rings. The smallest absolute Gasteiger partial charge is 0.344 e. The van der Waals surface area contributed by atoms with Crippen LogP contribution in [-0.2, 0) is 19.1 Å². The third-order valence-electron chi connectivity index (χ3n) is 1.98. The van der Waals surface area contributed by atoms with Gasteiger partial charge in [-0.05, 0) is 18.2 Å². The second kappa shape index (κ2) is 8.00. The van der Waals surface area contributed by atoms with Gasteiger partial charge in [-0.2, -0.15) is 0 Å². The lowest BCUT2D eigenvalue weighted by atomic mass is 10.3. The van der Waals surface area contributed by atoms with Crippen LogP contribution < -0.4 is 15.8 Å². The van der Waals surface area contributed by atoms with E-state index in [-0.39, 0.29) is 13.2 Å². The molecule has 1 aromatic rings. The summed E-state index contributed by atoms with van der Waals surface area (Å²) in [7, 11) is 0. The fraction of sp³-hybridized carbons (Fsp3) is 0.250. The van der Waals surface area contributed by atoms with Crippen molar-refractivity contribution in [3.8, 4) is 5.75 Å². The van der Waals surface area contributed by atoms with Crippen LogP contribution in [-0.4, -0.2) is 37.5 Å². The molecule has 0 heterocycles. The minimum atomic E-state index is -0.723. The van der Waals surface area contributed by atoms with Crippen molar-refractivity contribution in [3.05, 3.63) is 29.3 Å². The largest absolute Gasteiger partial charge is 0.482 e. The molecule has 0 bridgehead atoms. The van der Waals surface area contributed by atoms with Gasteiger partial charge in [0, 0.05) is 5.02 Å². The zero-order chi connectivity index (χ0) is 15.0. The molecule has 2 amide bonds. The molecule has 0 aliphatic carbocycles. The van der Waals surface area contributed by atoms with Crippen LogP contribution in [0.2, 0.25) is 5.02 Å². The van der Waals surface area contributed by atoms with E-state index in [1.54, 1.807) is 18.2 Å². The quantitative estimate of drug-likeness (QED) is 0.682. The summed E-state index contributed by atoms with van der Waals surface area (Å²) in [5.41, 5.74) is 4.83. The van der Waals surface area contributed by atoms with E-state index < -0.39 is 24.4 Å². The Morgan fingerprint density at radius 2 is 2.00 bits per heavy atom. The van der Waals surface area contributed by atoms with Gasteiger partial charge in [-0.25, -0.2) is 4.79 Å². The van der Waals surface area contributed by atoms with Gasteiger partial charge in [0.05, 0.1) is 6.54 Å². The lowest BCUT2D eigenvalue weighted by molar-refractivity contribution is -0.150. The van der Waals surface area contributed by atoms with Crippen molar-refractivity contribution >= 4 is 29.4 Å². The Labute approximate surface area is 120 Å². The minimum Gasteiger partial charge on any atom is -0.482 e. The Morgan fingerprint density at radius 3 is 2.65 bits per heavy atom. The second-order valence-corrected chi connectivity index (χ2v) is 4.09. The molecule has 3 N–H and O–H groups in total. The first kappa shape index (κ1) is 15.8. The molecule has 20 heavy (non-hydrogen) atoms. The number of carbonyl (C=O) groups is 3. The molecule has 0 spiro atoms. The van der Waals surface area contributed by atoms with Crippen LogP contribution in [0.15, 0.2) is 24.3 Å². The molecule has 1 aromatic carbocycles. The molecule has 0 aliphatic heterocycles. The minimum absolute atomic E-state index is 0.310. The van der Waals surface area contributed by atoms with Crippen molar-refractivity contribution in [3.63, 3.8) is 0 Å². The van der Waals surface area contributed by atoms with Crippen molar-refractivity contribution in [2.75, 3.05) is 19.8 Å². The molecular formula is C12H13ClN2O5. The average Bonchev–Trinajstić information content (AvgIpc) is 2.40. The first-order valence-electron chi connectivity index (χ1n) is 5.56. The summed E-state index contributed by atoms with van der Waals surface area (Å²) in [6.07, 6.45) is 0. The normalized spacial score (nSPS) is 9.65. The van der Waals surface area contributed by atoms with Crippen LogP contribution in [0.5, 0.6) is 5.75 Å². The highest BCUT2D eigenvalue weighted by Crippen LogP contribution is 2.16. The summed E-state index contributed by atoms with van der Waals surface area (Å²) < 4.78 is 9.74. The van der Waals surface area contributed by atoms with Crippen LogP contribution in [0.1, 0.15) is 0 Å². The summed E-state index contributed by atoms with van der Waals surface area (Å²) in [5.74, 6) is -1.62. The molecule has 0 aliphatic rings. The number of nitrogens with two attached hydrogens (primary N) is 1. The van der Waals surface area contributed by atoms with Gasteiger partial charge in [0.2, 0.25) is 5.91 Å². The van der Waals surface area contributed by atoms with Gasteiger partial charge in [0.1, 0.15) is 5.75 Å². The number of ether oxygens (including phenoxy) is 2. The number of rotatable bonds is 7. The Bertz CT molecular complexity index is 506. The van der Waals surface area contributed by atoms with Crippen LogP contribution in [0.3, 0.4) is 0 Å². The maximum absolute atomic E-state index is 11.3. The van der Waals surface area contributed by atoms with E-state index in [9.17, 15) is 14.4 Å². The van der Waals surface area contributed by atoms with Gasteiger partial charge in [-0.1, -0.05) is 17.7 Å². The number of primary amides is 1. The second-order valence-electron chi connectivity index (χ2n) is 3.65. The molecule has 0 unspecified atom stereocenters. The molecule has 0 saturated heterocycles. The highest BCUT2D eigenvalue weighted by molar-refractivity contribution is 6.30. The maximum Gasteiger partial charge on any atom is 0.344 e. The van der Waals surface area contributed by atoms with Gasteiger partial charge >= 0.3 is 5.97 Å². The summed E-state index contributed by atoms with van der Waals surface area (Å²) in [4.78, 5) is 32.8. The van der Waals surface area contributed by atoms with E-state index in [4.69, 9.17) is 22.1 Å². The van der Waals surface area contributed by atoms with Crippen molar-refractivity contribution in [1.82, 2.24) is 5.32 Å². The zero-order valence-corrected chi connectivity index (χ0v) is 11.2. The van der Waals surface area contributed by atoms with Gasteiger partial charge in [0.15, 0.2) is 13.2 Å². The molecule has 108 valence electrons. The highest BCUT2D eigenvalue weighted by Gasteiger charge is 2.09. The van der Waals surface area contributed by atoms with Crippen LogP contribution in [0.25, 0.3) is 0 Å². The fourth-order valence-electron chi connectivity index (χ4n) is 1.12. The fourth-order valence-corrected chi connectivity index (χ4v) is 1.30. The molecule has 0 saturated carbocycles. The molecule has 7 nitrogen and oxygen atoms in total. The number of hydrogen-bond donors (Lipinski definition) is 2. The number of esters is 1. The summed E-state index contributed by atoms with van der Waals surface area (Å²) >= 11 is 5.74. The molecule has 0 aromatic heterocycles. The Hall–Kier alpha value is -2.28. The third kappa shape index (κ3) is 6.60. The Morgan fingerprint density at radius 1 is 1.25 bits per heavy atom. The first-order valence-corrected chi connectivity index (χ1v) is 5.94. The van der Waals surface area contributed by atoms with E-state index in [1.165, 1.54) is 6.07 Å². The van der Waals surface area contributed by atoms with Crippen LogP contribution >= 0.6 is 11.6 Å². The van der Waals surface area contributed by atoms with Gasteiger partial charge in [0.25, 0.3) is 5.91 Å². The lowest BCUT2D eigenvalue weighted by Gasteiger charge is -2.07. The van der Waals surface area contributed by atoms with E-state index in [2.05, 4.69) is 10.1 Å². The number of halogens is 1. The van der Waals surface area contributed by atoms with E-state index in [0.717, 1.165) is 0 Å². The molecule has 0 atom stereocenters. The van der Waals surface area contributed by atoms with Gasteiger partial charge in [-0.3, -0.25) is 9.59 Å². The predicted octanol–water partition coefficient (Wildman–Crippen LogP) is -0.136. The lowest BCUT2D eigenvalue weighted by Crippen LogP contribution is -2.36. The number of nitrogens with one attached hydrogen (secondary N) is 1. The number of carbonyl (C=O) groups excluding carboxylic acids is 3. The zero-order valence-electron chi connectivity index (χ0n) is 10.4. The highest BCUT2D eigenvalue weighted by atomic mass is 35.5. The van der Waals surface area contributed by atoms with Crippen molar-refractivity contribution in [2.24, 2.45) is 5.73 Å². The van der Waals surface area contributed by atoms with Crippen molar-refractivity contribution in [1.29, 1.82) is 0 Å². The number of amides is 2. The maximum atomic E-state index is 11.3. The molecule has 8 heteroatoms. The predicted molar refractivity (Wildman–Crippen MR) is 70.1 cm³/mol. The SMILES string of the molecule is NC(=O)CNC(=O)COC(=O)COc1cccc(Cl)c1. The third-order valence-corrected chi connectivity index (χ3v) is 2.21. The van der Waals surface area contributed by atoms with E-state index >= 15 is 0 Å². The monoisotopic (exact) mass is 300 g/mol. The van der Waals surface area contributed by atoms with Crippen molar-refractivity contribution in [2.45, 2.75) is 0 Å². The number of benzene rings is 1. The topological polar surface area (TPSA) is 108 Å². The van der Waals surface area contributed by atoms with Crippen LogP contribution in [0, 0.1) is 0 Å². The summed E-state index contributed by atoms with van der Waals surface area (Å²) in [6, 6.07) is 6.49. The van der Waals surface area contributed by atoms with Gasteiger partial charge < -0.3 is 20.5 Å². The first-order chi connectivity index (χ1) is 9.47. The average molecular weight is 301 g/mol. The van der Waals surface area contributed by atoms with Crippen LogP contribution in [0.4, 0.5) is 0 Å². The molecular weight excluding hydrogens is 288 g/mol. The molecule has 0 radical (unpaired) electrons. The van der Waals surface area contributed by atoms with E-state index in [0.29, 0.717) is 10.8 Å². The molecule has 1 rings (SSSR count). The summed E-state index contributed by atoms with van der Waals surface area (Å²) in [5, 5.41) is 2.64. The standard InChI is InChI=1S/C12H13ClN2O5/c13-8-2-1-3-9(4-8)19-7-12(18)20-6-11(17)15-5-10(14)16/h1-4H,5-7H2,(H2,14,16)(H,15,17). The summed E-state index contributed by atoms with van der Waals surface area (Å²) in [6.45, 7) is -1.18. The Balaban J connectivity index is 2.23. The Kier molecular flexibility index (Phi) is 6.31. The van der Waals surface area contributed by atoms with Gasteiger partial charge in [-0.15, -0.1) is 0 Å².